The number of amides is 2. The Morgan fingerprint density at radius 3 is 2.29 bits per heavy atom. The van der Waals surface area contributed by atoms with Gasteiger partial charge in [-0.1, -0.05) is 43.8 Å². The number of methoxy groups -OCH3 is 1. The summed E-state index contributed by atoms with van der Waals surface area (Å²) >= 11 is 1.17. The van der Waals surface area contributed by atoms with Gasteiger partial charge in [-0.2, -0.15) is 0 Å². The van der Waals surface area contributed by atoms with Crippen LogP contribution in [-0.2, 0) is 14.4 Å². The van der Waals surface area contributed by atoms with E-state index in [2.05, 4.69) is 10.3 Å². The van der Waals surface area contributed by atoms with Crippen LogP contribution in [0.1, 0.15) is 37.5 Å². The van der Waals surface area contributed by atoms with Crippen LogP contribution in [0.15, 0.2) is 53.2 Å². The number of aryl methyl sites for hydroxylation is 2. The standard InChI is InChI=1S/C27H31N3O4S/c1-16(2)25(19(5)31)29-24(32)15-35-27-28-23(14-20-7-9-22(34-6)10-8-20)26(33)30(27)21-12-17(3)11-18(4)13-21/h7-14,16,25H,15H2,1-6H3,(H,29,32)/b23-14-. The van der Waals surface area contributed by atoms with E-state index in [9.17, 15) is 14.4 Å². The van der Waals surface area contributed by atoms with Crippen molar-refractivity contribution < 1.29 is 19.1 Å². The second-order valence-electron chi connectivity index (χ2n) is 8.87. The van der Waals surface area contributed by atoms with E-state index in [1.807, 2.05) is 70.2 Å². The van der Waals surface area contributed by atoms with Gasteiger partial charge >= 0.3 is 0 Å². The second kappa shape index (κ2) is 11.4. The van der Waals surface area contributed by atoms with Gasteiger partial charge in [-0.3, -0.25) is 19.3 Å². The summed E-state index contributed by atoms with van der Waals surface area (Å²) in [4.78, 5) is 44.0. The summed E-state index contributed by atoms with van der Waals surface area (Å²) in [5.74, 6) is 0.0907. The molecular weight excluding hydrogens is 462 g/mol. The third kappa shape index (κ3) is 6.60. The fraction of sp³-hybridized carbons (Fsp3) is 0.333. The molecule has 0 aromatic heterocycles. The quantitative estimate of drug-likeness (QED) is 0.547. The lowest BCUT2D eigenvalue weighted by Gasteiger charge is -2.21. The lowest BCUT2D eigenvalue weighted by Crippen LogP contribution is -2.44. The number of nitrogens with zero attached hydrogens (tertiary/aromatic N) is 2. The number of ketones is 1. The average molecular weight is 494 g/mol. The molecule has 1 N–H and O–H groups in total. The normalized spacial score (nSPS) is 15.4. The van der Waals surface area contributed by atoms with Crippen molar-refractivity contribution in [2.75, 3.05) is 17.8 Å². The number of rotatable bonds is 8. The summed E-state index contributed by atoms with van der Waals surface area (Å²) in [5, 5.41) is 3.21. The molecule has 1 aliphatic rings. The lowest BCUT2D eigenvalue weighted by atomic mass is 10.0. The van der Waals surface area contributed by atoms with Crippen molar-refractivity contribution in [2.24, 2.45) is 10.9 Å². The fourth-order valence-electron chi connectivity index (χ4n) is 3.84. The summed E-state index contributed by atoms with van der Waals surface area (Å²) < 4.78 is 5.20. The maximum Gasteiger partial charge on any atom is 0.283 e. The number of amidine groups is 1. The van der Waals surface area contributed by atoms with E-state index >= 15 is 0 Å². The first-order valence-corrected chi connectivity index (χ1v) is 12.4. The van der Waals surface area contributed by atoms with Gasteiger partial charge < -0.3 is 10.1 Å². The molecular formula is C27H31N3O4S. The zero-order valence-corrected chi connectivity index (χ0v) is 21.7. The van der Waals surface area contributed by atoms with Gasteiger partial charge in [-0.05, 0) is 73.7 Å². The van der Waals surface area contributed by atoms with Gasteiger partial charge in [0.05, 0.1) is 24.6 Å². The van der Waals surface area contributed by atoms with E-state index in [0.717, 1.165) is 22.4 Å². The summed E-state index contributed by atoms with van der Waals surface area (Å²) in [6, 6.07) is 12.7. The Hall–Kier alpha value is -3.39. The molecule has 0 spiro atoms. The second-order valence-corrected chi connectivity index (χ2v) is 9.81. The average Bonchev–Trinajstić information content (AvgIpc) is 3.10. The molecule has 0 fully saturated rings. The molecule has 0 saturated carbocycles. The molecule has 0 aliphatic carbocycles. The minimum absolute atomic E-state index is 0.0161. The molecule has 0 saturated heterocycles. The number of Topliss-reactive ketones (excluding diaryl/α,β-unsaturated/α-hetero) is 1. The highest BCUT2D eigenvalue weighted by atomic mass is 32.2. The van der Waals surface area contributed by atoms with Gasteiger partial charge in [0.15, 0.2) is 11.0 Å². The van der Waals surface area contributed by atoms with E-state index in [4.69, 9.17) is 4.74 Å². The zero-order valence-electron chi connectivity index (χ0n) is 20.9. The van der Waals surface area contributed by atoms with Crippen molar-refractivity contribution >= 4 is 46.3 Å². The molecule has 184 valence electrons. The smallest absolute Gasteiger partial charge is 0.283 e. The molecule has 2 amide bonds. The van der Waals surface area contributed by atoms with Gasteiger partial charge in [-0.15, -0.1) is 0 Å². The predicted octanol–water partition coefficient (Wildman–Crippen LogP) is 4.52. The van der Waals surface area contributed by atoms with Crippen LogP contribution in [0, 0.1) is 19.8 Å². The topological polar surface area (TPSA) is 88.1 Å². The van der Waals surface area contributed by atoms with Gasteiger partial charge in [0.1, 0.15) is 11.4 Å². The molecule has 2 aromatic carbocycles. The maximum atomic E-state index is 13.4. The molecule has 0 bridgehead atoms. The van der Waals surface area contributed by atoms with E-state index in [1.54, 1.807) is 13.2 Å². The van der Waals surface area contributed by atoms with Crippen LogP contribution in [-0.4, -0.2) is 41.7 Å². The van der Waals surface area contributed by atoms with Crippen molar-refractivity contribution in [3.05, 3.63) is 64.9 Å². The Kier molecular flexibility index (Phi) is 8.51. The van der Waals surface area contributed by atoms with Crippen molar-refractivity contribution in [2.45, 2.75) is 40.7 Å². The Balaban J connectivity index is 1.89. The highest BCUT2D eigenvalue weighted by molar-refractivity contribution is 8.14. The molecule has 35 heavy (non-hydrogen) atoms. The van der Waals surface area contributed by atoms with Crippen LogP contribution >= 0.6 is 11.8 Å². The Morgan fingerprint density at radius 1 is 1.11 bits per heavy atom. The molecule has 7 nitrogen and oxygen atoms in total. The van der Waals surface area contributed by atoms with Crippen LogP contribution in [0.3, 0.4) is 0 Å². The molecule has 2 aromatic rings. The number of carbonyl (C=O) groups excluding carboxylic acids is 3. The van der Waals surface area contributed by atoms with E-state index < -0.39 is 6.04 Å². The van der Waals surface area contributed by atoms with Gasteiger partial charge in [0, 0.05) is 0 Å². The summed E-state index contributed by atoms with van der Waals surface area (Å²) in [7, 11) is 1.60. The fourth-order valence-corrected chi connectivity index (χ4v) is 4.67. The molecule has 0 radical (unpaired) electrons. The molecule has 1 heterocycles. The van der Waals surface area contributed by atoms with Gasteiger partial charge in [0.25, 0.3) is 5.91 Å². The Labute approximate surface area is 210 Å². The minimum atomic E-state index is -0.545. The monoisotopic (exact) mass is 493 g/mol. The van der Waals surface area contributed by atoms with E-state index in [0.29, 0.717) is 10.9 Å². The number of ether oxygens (including phenoxy) is 1. The molecule has 8 heteroatoms. The first-order valence-electron chi connectivity index (χ1n) is 11.4. The first-order chi connectivity index (χ1) is 16.6. The molecule has 1 aliphatic heterocycles. The number of hydrogen-bond acceptors (Lipinski definition) is 6. The van der Waals surface area contributed by atoms with Crippen LogP contribution < -0.4 is 15.0 Å². The third-order valence-electron chi connectivity index (χ3n) is 5.47. The first kappa shape index (κ1) is 26.2. The summed E-state index contributed by atoms with van der Waals surface area (Å²) in [6.45, 7) is 9.18. The van der Waals surface area contributed by atoms with Gasteiger partial charge in [-0.25, -0.2) is 4.99 Å². The van der Waals surface area contributed by atoms with Gasteiger partial charge in [0.2, 0.25) is 5.91 Å². The number of hydrogen-bond donors (Lipinski definition) is 1. The van der Waals surface area contributed by atoms with Crippen LogP contribution in [0.2, 0.25) is 0 Å². The Bertz CT molecular complexity index is 1170. The van der Waals surface area contributed by atoms with Crippen molar-refractivity contribution in [3.63, 3.8) is 0 Å². The van der Waals surface area contributed by atoms with E-state index in [1.165, 1.54) is 23.6 Å². The molecule has 1 unspecified atom stereocenters. The molecule has 3 rings (SSSR count). The number of thioether (sulfide) groups is 1. The predicted molar refractivity (Wildman–Crippen MR) is 142 cm³/mol. The van der Waals surface area contributed by atoms with Crippen molar-refractivity contribution in [1.82, 2.24) is 5.32 Å². The summed E-state index contributed by atoms with van der Waals surface area (Å²) in [5.41, 5.74) is 3.82. The number of aliphatic imine (C=N–C) groups is 1. The largest absolute Gasteiger partial charge is 0.497 e. The van der Waals surface area contributed by atoms with E-state index in [-0.39, 0.29) is 35.0 Å². The highest BCUT2D eigenvalue weighted by Crippen LogP contribution is 2.31. The van der Waals surface area contributed by atoms with Crippen LogP contribution in [0.5, 0.6) is 5.75 Å². The van der Waals surface area contributed by atoms with Crippen molar-refractivity contribution in [3.8, 4) is 5.75 Å². The third-order valence-corrected chi connectivity index (χ3v) is 6.41. The zero-order chi connectivity index (χ0) is 25.7. The summed E-state index contributed by atoms with van der Waals surface area (Å²) in [6.07, 6.45) is 1.72. The number of benzene rings is 2. The SMILES string of the molecule is COc1ccc(/C=C2\N=C(SCC(=O)NC(C(C)=O)C(C)C)N(c3cc(C)cc(C)c3)C2=O)cc1. The number of nitrogens with one attached hydrogen (secondary N) is 1. The van der Waals surface area contributed by atoms with Crippen LogP contribution in [0.25, 0.3) is 6.08 Å². The Morgan fingerprint density at radius 2 is 1.74 bits per heavy atom. The highest BCUT2D eigenvalue weighted by Gasteiger charge is 2.33. The van der Waals surface area contributed by atoms with Crippen LogP contribution in [0.4, 0.5) is 5.69 Å². The lowest BCUT2D eigenvalue weighted by molar-refractivity contribution is -0.126. The maximum absolute atomic E-state index is 13.4. The number of anilines is 1. The molecule has 1 atom stereocenters. The minimum Gasteiger partial charge on any atom is -0.497 e. The number of carbonyl (C=O) groups is 3. The van der Waals surface area contributed by atoms with Crippen molar-refractivity contribution in [1.29, 1.82) is 0 Å².